The molecule has 0 aliphatic carbocycles. The first kappa shape index (κ1) is 16.5. The van der Waals surface area contributed by atoms with E-state index < -0.39 is 0 Å². The summed E-state index contributed by atoms with van der Waals surface area (Å²) in [5, 5.41) is 0. The van der Waals surface area contributed by atoms with Gasteiger partial charge in [0.1, 0.15) is 0 Å². The molecular formula is C14H23N2O2+. The molecule has 0 aliphatic heterocycles. The quantitative estimate of drug-likeness (QED) is 0.804. The largest absolute Gasteiger partial charge is 0.593 e. The number of rotatable bonds is 5. The molecule has 0 heterocycles. The summed E-state index contributed by atoms with van der Waals surface area (Å²) in [4.78, 5) is 12.6. The zero-order chi connectivity index (χ0) is 13.8. The van der Waals surface area contributed by atoms with Crippen molar-refractivity contribution in [2.75, 3.05) is 19.6 Å². The van der Waals surface area contributed by atoms with E-state index in [1.54, 1.807) is 0 Å². The van der Waals surface area contributed by atoms with Crippen LogP contribution in [0.2, 0.25) is 0 Å². The maximum absolute atomic E-state index is 10.6. The smallest absolute Gasteiger partial charge is 0.326 e. The summed E-state index contributed by atoms with van der Waals surface area (Å²) in [6.45, 7) is 9.75. The highest BCUT2D eigenvalue weighted by Crippen LogP contribution is 1.94. The summed E-state index contributed by atoms with van der Waals surface area (Å²) in [7, 11) is 0. The fourth-order valence-electron chi connectivity index (χ4n) is 1.29. The van der Waals surface area contributed by atoms with Gasteiger partial charge in [0.05, 0.1) is 4.79 Å². The second-order valence-electron chi connectivity index (χ2n) is 3.67. The SMILES string of the molecule is C=[O+]C(=O)CN(CC)CC.NCc1ccccc1. The highest BCUT2D eigenvalue weighted by atomic mass is 16.4. The van der Waals surface area contributed by atoms with Crippen molar-refractivity contribution in [1.29, 1.82) is 0 Å². The van der Waals surface area contributed by atoms with Gasteiger partial charge in [-0.05, 0) is 18.7 Å². The van der Waals surface area contributed by atoms with Crippen molar-refractivity contribution in [1.82, 2.24) is 4.90 Å². The van der Waals surface area contributed by atoms with Gasteiger partial charge in [0.2, 0.25) is 0 Å². The van der Waals surface area contributed by atoms with Crippen LogP contribution in [0.5, 0.6) is 0 Å². The number of hydrogen-bond donors (Lipinski definition) is 1. The molecule has 0 spiro atoms. The minimum Gasteiger partial charge on any atom is -0.326 e. The molecule has 4 nitrogen and oxygen atoms in total. The molecule has 0 bridgehead atoms. The van der Waals surface area contributed by atoms with E-state index in [0.717, 1.165) is 13.1 Å². The third kappa shape index (κ3) is 7.70. The molecule has 1 rings (SSSR count). The highest BCUT2D eigenvalue weighted by molar-refractivity contribution is 5.68. The maximum Gasteiger partial charge on any atom is 0.593 e. The molecule has 0 fully saturated rings. The van der Waals surface area contributed by atoms with Crippen molar-refractivity contribution >= 4 is 12.8 Å². The number of likely N-dealkylation sites (N-methyl/N-ethyl adjacent to an activating group) is 1. The molecule has 0 aliphatic rings. The van der Waals surface area contributed by atoms with E-state index in [9.17, 15) is 4.79 Å². The Morgan fingerprint density at radius 2 is 1.83 bits per heavy atom. The molecule has 0 atom stereocenters. The fourth-order valence-corrected chi connectivity index (χ4v) is 1.29. The van der Waals surface area contributed by atoms with E-state index in [1.807, 2.05) is 49.1 Å². The zero-order valence-corrected chi connectivity index (χ0v) is 11.3. The number of nitrogens with zero attached hydrogens (tertiary/aromatic N) is 1. The number of benzene rings is 1. The van der Waals surface area contributed by atoms with Crippen molar-refractivity contribution in [3.63, 3.8) is 0 Å². The fraction of sp³-hybridized carbons (Fsp3) is 0.429. The van der Waals surface area contributed by atoms with Crippen molar-refractivity contribution in [3.05, 3.63) is 35.9 Å². The van der Waals surface area contributed by atoms with E-state index in [-0.39, 0.29) is 5.97 Å². The monoisotopic (exact) mass is 251 g/mol. The Bertz CT molecular complexity index is 335. The van der Waals surface area contributed by atoms with Gasteiger partial charge in [-0.2, -0.15) is 0 Å². The first-order valence-electron chi connectivity index (χ1n) is 6.09. The second kappa shape index (κ2) is 10.6. The van der Waals surface area contributed by atoms with Gasteiger partial charge in [0, 0.05) is 6.54 Å². The number of hydrogen-bond acceptors (Lipinski definition) is 3. The zero-order valence-electron chi connectivity index (χ0n) is 11.3. The van der Waals surface area contributed by atoms with Gasteiger partial charge < -0.3 is 5.73 Å². The predicted molar refractivity (Wildman–Crippen MR) is 74.2 cm³/mol. The lowest BCUT2D eigenvalue weighted by Crippen LogP contribution is -2.29. The molecule has 4 heteroatoms. The lowest BCUT2D eigenvalue weighted by Gasteiger charge is -2.10. The van der Waals surface area contributed by atoms with Crippen LogP contribution < -0.4 is 5.73 Å². The Labute approximate surface area is 109 Å². The summed E-state index contributed by atoms with van der Waals surface area (Å²) in [6.07, 6.45) is 0. The van der Waals surface area contributed by atoms with Crippen LogP contribution in [0.4, 0.5) is 0 Å². The molecular weight excluding hydrogens is 228 g/mol. The molecule has 0 saturated heterocycles. The van der Waals surface area contributed by atoms with E-state index in [1.165, 1.54) is 5.56 Å². The van der Waals surface area contributed by atoms with E-state index in [2.05, 4.69) is 11.2 Å². The van der Waals surface area contributed by atoms with Crippen molar-refractivity contribution < 1.29 is 9.22 Å². The Morgan fingerprint density at radius 1 is 1.28 bits per heavy atom. The second-order valence-corrected chi connectivity index (χ2v) is 3.67. The van der Waals surface area contributed by atoms with Gasteiger partial charge >= 0.3 is 5.97 Å². The Kier molecular flexibility index (Phi) is 9.73. The first-order chi connectivity index (χ1) is 8.67. The molecule has 0 saturated carbocycles. The van der Waals surface area contributed by atoms with Crippen LogP contribution in [0.3, 0.4) is 0 Å². The van der Waals surface area contributed by atoms with Gasteiger partial charge in [0.15, 0.2) is 13.3 Å². The standard InChI is InChI=1S/C7H14NO2.C7H9N/c1-4-8(5-2)6-7(9)10-3;8-6-7-4-2-1-3-5-7/h3-6H2,1-2H3;1-5H,6,8H2/q+1;. The average molecular weight is 251 g/mol. The average Bonchev–Trinajstić information content (AvgIpc) is 2.45. The number of nitrogens with two attached hydrogens (primary N) is 1. The van der Waals surface area contributed by atoms with Gasteiger partial charge in [0.25, 0.3) is 0 Å². The molecule has 1 aromatic carbocycles. The number of carbonyl (C=O) groups excluding carboxylic acids is 2. The lowest BCUT2D eigenvalue weighted by molar-refractivity contribution is -0.369. The molecule has 0 amide bonds. The predicted octanol–water partition coefficient (Wildman–Crippen LogP) is 1.36. The molecule has 100 valence electrons. The van der Waals surface area contributed by atoms with Crippen LogP contribution in [0, 0.1) is 0 Å². The molecule has 18 heavy (non-hydrogen) atoms. The van der Waals surface area contributed by atoms with E-state index >= 15 is 0 Å². The van der Waals surface area contributed by atoms with Gasteiger partial charge in [-0.3, -0.25) is 9.32 Å². The van der Waals surface area contributed by atoms with Gasteiger partial charge in [-0.25, -0.2) is 0 Å². The lowest BCUT2D eigenvalue weighted by atomic mass is 10.2. The van der Waals surface area contributed by atoms with Crippen molar-refractivity contribution in [3.8, 4) is 0 Å². The van der Waals surface area contributed by atoms with Crippen LogP contribution >= 0.6 is 0 Å². The Morgan fingerprint density at radius 3 is 2.17 bits per heavy atom. The minimum atomic E-state index is -0.274. The summed E-state index contributed by atoms with van der Waals surface area (Å²) < 4.78 is 4.25. The maximum atomic E-state index is 10.6. The summed E-state index contributed by atoms with van der Waals surface area (Å²) >= 11 is 0. The third-order valence-corrected chi connectivity index (χ3v) is 2.49. The molecule has 0 unspecified atom stereocenters. The van der Waals surface area contributed by atoms with Crippen molar-refractivity contribution in [2.24, 2.45) is 5.73 Å². The normalized spacial score (nSPS) is 9.56. The van der Waals surface area contributed by atoms with Crippen LogP contribution in [-0.4, -0.2) is 37.3 Å². The highest BCUT2D eigenvalue weighted by Gasteiger charge is 2.15. The summed E-state index contributed by atoms with van der Waals surface area (Å²) in [5.41, 5.74) is 6.54. The Balaban J connectivity index is 0.000000327. The third-order valence-electron chi connectivity index (χ3n) is 2.49. The van der Waals surface area contributed by atoms with Crippen LogP contribution in [0.25, 0.3) is 0 Å². The topological polar surface area (TPSA) is 57.6 Å². The first-order valence-corrected chi connectivity index (χ1v) is 6.09. The van der Waals surface area contributed by atoms with Crippen LogP contribution in [0.15, 0.2) is 30.3 Å². The van der Waals surface area contributed by atoms with Crippen LogP contribution in [0.1, 0.15) is 19.4 Å². The number of carbonyl (C=O) groups is 1. The van der Waals surface area contributed by atoms with Gasteiger partial charge in [-0.1, -0.05) is 44.2 Å². The minimum absolute atomic E-state index is 0.274. The summed E-state index contributed by atoms with van der Waals surface area (Å²) in [6, 6.07) is 9.99. The summed E-state index contributed by atoms with van der Waals surface area (Å²) in [5.74, 6) is -0.274. The van der Waals surface area contributed by atoms with Crippen LogP contribution in [-0.2, 0) is 15.8 Å². The van der Waals surface area contributed by atoms with E-state index in [0.29, 0.717) is 13.1 Å². The molecule has 2 N–H and O–H groups in total. The Hall–Kier alpha value is -1.52. The molecule has 1 aromatic rings. The van der Waals surface area contributed by atoms with Gasteiger partial charge in [-0.15, -0.1) is 0 Å². The molecule has 0 radical (unpaired) electrons. The van der Waals surface area contributed by atoms with Crippen molar-refractivity contribution in [2.45, 2.75) is 20.4 Å². The van der Waals surface area contributed by atoms with E-state index in [4.69, 9.17) is 5.73 Å². The molecule has 0 aromatic heterocycles.